The highest BCUT2D eigenvalue weighted by molar-refractivity contribution is 7.94. The summed E-state index contributed by atoms with van der Waals surface area (Å²) in [5, 5.41) is 0. The van der Waals surface area contributed by atoms with E-state index in [0.717, 1.165) is 5.56 Å². The highest BCUT2D eigenvalue weighted by Gasteiger charge is 2.59. The first kappa shape index (κ1) is 20.4. The number of carbonyl (C=O) groups is 2. The van der Waals surface area contributed by atoms with Crippen molar-refractivity contribution in [1.82, 2.24) is 4.90 Å². The molecule has 30 heavy (non-hydrogen) atoms. The third-order valence-corrected chi connectivity index (χ3v) is 8.51. The predicted octanol–water partition coefficient (Wildman–Crippen LogP) is 2.40. The van der Waals surface area contributed by atoms with Gasteiger partial charge in [0.15, 0.2) is 14.7 Å². The molecular formula is C22H24N2O5S. The second-order valence-corrected chi connectivity index (χ2v) is 9.97. The van der Waals surface area contributed by atoms with Gasteiger partial charge in [-0.1, -0.05) is 24.3 Å². The van der Waals surface area contributed by atoms with Crippen LogP contribution in [-0.2, 0) is 14.6 Å². The summed E-state index contributed by atoms with van der Waals surface area (Å²) < 4.78 is 31.4. The lowest BCUT2D eigenvalue weighted by Crippen LogP contribution is -2.57. The Kier molecular flexibility index (Phi) is 5.05. The predicted molar refractivity (Wildman–Crippen MR) is 113 cm³/mol. The third kappa shape index (κ3) is 3.06. The van der Waals surface area contributed by atoms with Gasteiger partial charge in [-0.05, 0) is 31.2 Å². The Morgan fingerprint density at radius 3 is 2.33 bits per heavy atom. The first-order valence-electron chi connectivity index (χ1n) is 9.84. The molecule has 7 nitrogen and oxygen atoms in total. The lowest BCUT2D eigenvalue weighted by atomic mass is 9.99. The zero-order valence-corrected chi connectivity index (χ0v) is 17.8. The van der Waals surface area contributed by atoms with Gasteiger partial charge in [0.1, 0.15) is 11.5 Å². The average Bonchev–Trinajstić information content (AvgIpc) is 2.93. The molecular weight excluding hydrogens is 404 g/mol. The van der Waals surface area contributed by atoms with Crippen LogP contribution in [0.2, 0.25) is 0 Å². The number of piperidine rings is 1. The number of nitrogens with zero attached hydrogens (tertiary/aromatic N) is 2. The number of anilines is 1. The highest BCUT2D eigenvalue weighted by atomic mass is 32.2. The Balaban J connectivity index is 1.62. The summed E-state index contributed by atoms with van der Waals surface area (Å²) >= 11 is 0. The van der Waals surface area contributed by atoms with E-state index in [2.05, 4.69) is 0 Å². The van der Waals surface area contributed by atoms with Crippen molar-refractivity contribution in [3.8, 4) is 5.75 Å². The van der Waals surface area contributed by atoms with Crippen molar-refractivity contribution < 1.29 is 22.7 Å². The van der Waals surface area contributed by atoms with E-state index in [4.69, 9.17) is 4.74 Å². The van der Waals surface area contributed by atoms with E-state index in [1.54, 1.807) is 54.5 Å². The van der Waals surface area contributed by atoms with Gasteiger partial charge >= 0.3 is 0 Å². The first-order chi connectivity index (χ1) is 14.3. The van der Waals surface area contributed by atoms with Gasteiger partial charge in [0, 0.05) is 42.7 Å². The molecule has 2 aromatic carbocycles. The minimum Gasteiger partial charge on any atom is -0.496 e. The molecule has 8 heteroatoms. The van der Waals surface area contributed by atoms with Crippen molar-refractivity contribution in [2.75, 3.05) is 30.9 Å². The molecule has 2 aliphatic rings. The maximum Gasteiger partial charge on any atom is 0.254 e. The summed E-state index contributed by atoms with van der Waals surface area (Å²) in [5.41, 5.74) is 1.86. The summed E-state index contributed by atoms with van der Waals surface area (Å²) in [6, 6.07) is 14.2. The Morgan fingerprint density at radius 1 is 1.03 bits per heavy atom. The lowest BCUT2D eigenvalue weighted by Gasteiger charge is -2.43. The van der Waals surface area contributed by atoms with E-state index in [0.29, 0.717) is 17.0 Å². The smallest absolute Gasteiger partial charge is 0.254 e. The number of rotatable bonds is 3. The van der Waals surface area contributed by atoms with E-state index in [1.165, 1.54) is 4.90 Å². The lowest BCUT2D eigenvalue weighted by molar-refractivity contribution is -0.116. The standard InChI is InChI=1S/C22H24N2O5S/c1-16-18(9-6-10-19(16)29-2)21(26)23-13-11-22(12-14-23)24(17-7-4-3-5-8-17)20(25)15-30(22,27)28/h3-10H,11-15H2,1-2H3. The van der Waals surface area contributed by atoms with E-state index < -0.39 is 26.4 Å². The molecule has 0 aliphatic carbocycles. The molecule has 0 radical (unpaired) electrons. The Morgan fingerprint density at radius 2 is 1.70 bits per heavy atom. The fourth-order valence-electron chi connectivity index (χ4n) is 4.52. The van der Waals surface area contributed by atoms with Crippen LogP contribution in [0.3, 0.4) is 0 Å². The summed E-state index contributed by atoms with van der Waals surface area (Å²) in [6.07, 6.45) is 0.370. The van der Waals surface area contributed by atoms with Crippen LogP contribution >= 0.6 is 0 Å². The number of likely N-dealkylation sites (tertiary alicyclic amines) is 1. The van der Waals surface area contributed by atoms with Crippen LogP contribution in [0.5, 0.6) is 5.75 Å². The Bertz CT molecular complexity index is 1090. The van der Waals surface area contributed by atoms with Gasteiger partial charge in [0.2, 0.25) is 5.91 Å². The molecule has 0 unspecified atom stereocenters. The largest absolute Gasteiger partial charge is 0.496 e. The number of amides is 2. The Hall–Kier alpha value is -2.87. The molecule has 2 saturated heterocycles. The van der Waals surface area contributed by atoms with Crippen molar-refractivity contribution in [3.63, 3.8) is 0 Å². The third-order valence-electron chi connectivity index (χ3n) is 6.13. The summed E-state index contributed by atoms with van der Waals surface area (Å²) in [4.78, 5) is 27.6. The molecule has 158 valence electrons. The number of benzene rings is 2. The van der Waals surface area contributed by atoms with Gasteiger partial charge in [0.05, 0.1) is 7.11 Å². The van der Waals surface area contributed by atoms with Crippen molar-refractivity contribution in [2.45, 2.75) is 24.6 Å². The van der Waals surface area contributed by atoms with Crippen LogP contribution in [0, 0.1) is 6.92 Å². The molecule has 4 rings (SSSR count). The van der Waals surface area contributed by atoms with Crippen molar-refractivity contribution >= 4 is 27.3 Å². The normalized spacial score (nSPS) is 19.9. The van der Waals surface area contributed by atoms with E-state index >= 15 is 0 Å². The van der Waals surface area contributed by atoms with E-state index in [9.17, 15) is 18.0 Å². The monoisotopic (exact) mass is 428 g/mol. The van der Waals surface area contributed by atoms with Crippen molar-refractivity contribution in [2.24, 2.45) is 0 Å². The zero-order chi connectivity index (χ0) is 21.5. The molecule has 0 aromatic heterocycles. The van der Waals surface area contributed by atoms with Crippen LogP contribution < -0.4 is 9.64 Å². The molecule has 2 heterocycles. The van der Waals surface area contributed by atoms with Crippen LogP contribution in [0.1, 0.15) is 28.8 Å². The number of sulfone groups is 1. The maximum absolute atomic E-state index is 13.1. The molecule has 0 atom stereocenters. The molecule has 0 saturated carbocycles. The van der Waals surface area contributed by atoms with Gasteiger partial charge < -0.3 is 9.64 Å². The van der Waals surface area contributed by atoms with Gasteiger partial charge in [0.25, 0.3) is 5.91 Å². The number of hydrogen-bond acceptors (Lipinski definition) is 5. The van der Waals surface area contributed by atoms with Gasteiger partial charge in [-0.2, -0.15) is 0 Å². The zero-order valence-electron chi connectivity index (χ0n) is 17.0. The molecule has 0 bridgehead atoms. The van der Waals surface area contributed by atoms with E-state index in [1.807, 2.05) is 13.0 Å². The molecule has 2 fully saturated rings. The molecule has 2 aromatic rings. The second kappa shape index (κ2) is 7.43. The van der Waals surface area contributed by atoms with Crippen molar-refractivity contribution in [3.05, 3.63) is 59.7 Å². The summed E-state index contributed by atoms with van der Waals surface area (Å²) in [5.74, 6) is -0.433. The number of carbonyl (C=O) groups excluding carboxylic acids is 2. The summed E-state index contributed by atoms with van der Waals surface area (Å²) in [7, 11) is -2.11. The number of methoxy groups -OCH3 is 1. The maximum atomic E-state index is 13.1. The van der Waals surface area contributed by atoms with Gasteiger partial charge in [-0.3, -0.25) is 14.5 Å². The van der Waals surface area contributed by atoms with Gasteiger partial charge in [-0.25, -0.2) is 8.42 Å². The molecule has 1 spiro atoms. The SMILES string of the molecule is COc1cccc(C(=O)N2CCC3(CC2)N(c2ccccc2)C(=O)CS3(=O)=O)c1C. The summed E-state index contributed by atoms with van der Waals surface area (Å²) in [6.45, 7) is 2.34. The topological polar surface area (TPSA) is 84.0 Å². The number of ether oxygens (including phenoxy) is 1. The minimum atomic E-state index is -3.67. The minimum absolute atomic E-state index is 0.158. The van der Waals surface area contributed by atoms with Crippen LogP contribution in [0.4, 0.5) is 5.69 Å². The van der Waals surface area contributed by atoms with Crippen LogP contribution in [-0.4, -0.2) is 56.0 Å². The second-order valence-electron chi connectivity index (χ2n) is 7.70. The fraction of sp³-hybridized carbons (Fsp3) is 0.364. The fourth-order valence-corrected chi connectivity index (χ4v) is 6.53. The Labute approximate surface area is 176 Å². The highest BCUT2D eigenvalue weighted by Crippen LogP contribution is 2.43. The van der Waals surface area contributed by atoms with Crippen LogP contribution in [0.25, 0.3) is 0 Å². The van der Waals surface area contributed by atoms with Gasteiger partial charge in [-0.15, -0.1) is 0 Å². The number of para-hydroxylation sites is 1. The molecule has 2 aliphatic heterocycles. The van der Waals surface area contributed by atoms with Crippen molar-refractivity contribution in [1.29, 1.82) is 0 Å². The van der Waals surface area contributed by atoms with Crippen LogP contribution in [0.15, 0.2) is 48.5 Å². The quantitative estimate of drug-likeness (QED) is 0.750. The number of hydrogen-bond donors (Lipinski definition) is 0. The van der Waals surface area contributed by atoms with E-state index in [-0.39, 0.29) is 31.8 Å². The molecule has 2 amide bonds. The average molecular weight is 429 g/mol. The molecule has 0 N–H and O–H groups in total. The first-order valence-corrected chi connectivity index (χ1v) is 11.5.